The summed E-state index contributed by atoms with van der Waals surface area (Å²) in [4.78, 5) is 2.20. The molecule has 1 unspecified atom stereocenters. The van der Waals surface area contributed by atoms with Gasteiger partial charge >= 0.3 is 6.18 Å². The van der Waals surface area contributed by atoms with Crippen LogP contribution in [0, 0.1) is 0 Å². The van der Waals surface area contributed by atoms with E-state index in [1.54, 1.807) is 7.05 Å². The van der Waals surface area contributed by atoms with Crippen LogP contribution in [0.1, 0.15) is 26.7 Å². The molecule has 1 atom stereocenters. The van der Waals surface area contributed by atoms with Gasteiger partial charge in [0, 0.05) is 31.1 Å². The molecular formula is C12H23F3N2O. The molecule has 0 saturated carbocycles. The lowest BCUT2D eigenvalue weighted by atomic mass is 9.88. The zero-order valence-corrected chi connectivity index (χ0v) is 11.3. The standard InChI is InChI=1S/C12H23F3N2O/c1-11(2,17-6-8-18-9-7-17)10(16-3)4-5-12(13,14)15/h10,16H,4-9H2,1-3H3. The SMILES string of the molecule is CNC(CCC(F)(F)F)C(C)(C)N1CCOCC1. The van der Waals surface area contributed by atoms with Crippen molar-refractivity contribution in [2.24, 2.45) is 0 Å². The fourth-order valence-electron chi connectivity index (χ4n) is 2.52. The second kappa shape index (κ2) is 6.21. The number of alkyl halides is 3. The number of halogens is 3. The molecule has 108 valence electrons. The summed E-state index contributed by atoms with van der Waals surface area (Å²) in [6.07, 6.45) is -4.73. The van der Waals surface area contributed by atoms with Gasteiger partial charge in [0.2, 0.25) is 0 Å². The van der Waals surface area contributed by atoms with Crippen molar-refractivity contribution in [1.82, 2.24) is 10.2 Å². The molecule has 0 aliphatic carbocycles. The lowest BCUT2D eigenvalue weighted by Crippen LogP contribution is -2.60. The highest BCUT2D eigenvalue weighted by Crippen LogP contribution is 2.28. The molecule has 1 aliphatic heterocycles. The molecule has 1 fully saturated rings. The molecule has 0 radical (unpaired) electrons. The third-order valence-corrected chi connectivity index (χ3v) is 3.74. The highest BCUT2D eigenvalue weighted by atomic mass is 19.4. The average molecular weight is 268 g/mol. The maximum absolute atomic E-state index is 12.3. The topological polar surface area (TPSA) is 24.5 Å². The largest absolute Gasteiger partial charge is 0.389 e. The van der Waals surface area contributed by atoms with E-state index in [0.29, 0.717) is 13.2 Å². The second-order valence-electron chi connectivity index (χ2n) is 5.25. The van der Waals surface area contributed by atoms with E-state index < -0.39 is 12.6 Å². The van der Waals surface area contributed by atoms with E-state index in [0.717, 1.165) is 13.1 Å². The summed E-state index contributed by atoms with van der Waals surface area (Å²) in [6, 6.07) is -0.183. The quantitative estimate of drug-likeness (QED) is 0.825. The summed E-state index contributed by atoms with van der Waals surface area (Å²) in [6.45, 7) is 6.85. The van der Waals surface area contributed by atoms with Crippen LogP contribution >= 0.6 is 0 Å². The van der Waals surface area contributed by atoms with Gasteiger partial charge in [-0.15, -0.1) is 0 Å². The van der Waals surface area contributed by atoms with Gasteiger partial charge < -0.3 is 10.1 Å². The fourth-order valence-corrected chi connectivity index (χ4v) is 2.52. The number of likely N-dealkylation sites (N-methyl/N-ethyl adjacent to an activating group) is 1. The Kier molecular flexibility index (Phi) is 5.43. The van der Waals surface area contributed by atoms with Crippen molar-refractivity contribution in [3.05, 3.63) is 0 Å². The molecule has 18 heavy (non-hydrogen) atoms. The van der Waals surface area contributed by atoms with E-state index in [9.17, 15) is 13.2 Å². The van der Waals surface area contributed by atoms with Crippen molar-refractivity contribution < 1.29 is 17.9 Å². The molecule has 1 aliphatic rings. The predicted octanol–water partition coefficient (Wildman–Crippen LogP) is 2.03. The summed E-state index contributed by atoms with van der Waals surface area (Å²) in [5.74, 6) is 0. The van der Waals surface area contributed by atoms with Gasteiger partial charge in [-0.25, -0.2) is 0 Å². The van der Waals surface area contributed by atoms with Crippen LogP contribution in [0.15, 0.2) is 0 Å². The molecule has 1 N–H and O–H groups in total. The molecule has 0 aromatic rings. The van der Waals surface area contributed by atoms with Gasteiger partial charge in [0.15, 0.2) is 0 Å². The smallest absolute Gasteiger partial charge is 0.379 e. The Balaban J connectivity index is 2.60. The number of hydrogen-bond acceptors (Lipinski definition) is 3. The first-order chi connectivity index (χ1) is 8.27. The highest BCUT2D eigenvalue weighted by molar-refractivity contribution is 4.94. The number of nitrogens with one attached hydrogen (secondary N) is 1. The van der Waals surface area contributed by atoms with Crippen LogP contribution in [0.3, 0.4) is 0 Å². The van der Waals surface area contributed by atoms with E-state index in [1.165, 1.54) is 0 Å². The van der Waals surface area contributed by atoms with Gasteiger partial charge in [-0.3, -0.25) is 4.90 Å². The summed E-state index contributed by atoms with van der Waals surface area (Å²) in [5.41, 5.74) is -0.302. The number of rotatable bonds is 5. The maximum Gasteiger partial charge on any atom is 0.389 e. The Labute approximate surface area is 107 Å². The van der Waals surface area contributed by atoms with Gasteiger partial charge in [0.05, 0.1) is 13.2 Å². The van der Waals surface area contributed by atoms with Crippen molar-refractivity contribution in [1.29, 1.82) is 0 Å². The fraction of sp³-hybridized carbons (Fsp3) is 1.00. The Morgan fingerprint density at radius 2 is 1.78 bits per heavy atom. The molecule has 1 saturated heterocycles. The van der Waals surface area contributed by atoms with E-state index in [2.05, 4.69) is 10.2 Å². The van der Waals surface area contributed by atoms with Crippen LogP contribution in [0.25, 0.3) is 0 Å². The Morgan fingerprint density at radius 3 is 2.22 bits per heavy atom. The van der Waals surface area contributed by atoms with Gasteiger partial charge in [-0.05, 0) is 27.3 Å². The average Bonchev–Trinajstić information content (AvgIpc) is 2.29. The highest BCUT2D eigenvalue weighted by Gasteiger charge is 2.38. The number of morpholine rings is 1. The predicted molar refractivity (Wildman–Crippen MR) is 64.6 cm³/mol. The van der Waals surface area contributed by atoms with E-state index in [1.807, 2.05) is 13.8 Å². The van der Waals surface area contributed by atoms with Gasteiger partial charge in [-0.2, -0.15) is 13.2 Å². The lowest BCUT2D eigenvalue weighted by molar-refractivity contribution is -0.139. The van der Waals surface area contributed by atoms with Crippen molar-refractivity contribution in [2.75, 3.05) is 33.4 Å². The first-order valence-electron chi connectivity index (χ1n) is 6.34. The zero-order valence-electron chi connectivity index (χ0n) is 11.3. The Hall–Kier alpha value is -0.330. The molecular weight excluding hydrogens is 245 g/mol. The number of hydrogen-bond donors (Lipinski definition) is 1. The van der Waals surface area contributed by atoms with Crippen molar-refractivity contribution in [3.63, 3.8) is 0 Å². The summed E-state index contributed by atoms with van der Waals surface area (Å²) >= 11 is 0. The second-order valence-corrected chi connectivity index (χ2v) is 5.25. The normalized spacial score (nSPS) is 21.0. The van der Waals surface area contributed by atoms with Crippen molar-refractivity contribution in [2.45, 2.75) is 44.4 Å². The molecule has 6 heteroatoms. The lowest BCUT2D eigenvalue weighted by Gasteiger charge is -2.46. The molecule has 1 rings (SSSR count). The number of nitrogens with zero attached hydrogens (tertiary/aromatic N) is 1. The molecule has 3 nitrogen and oxygen atoms in total. The van der Waals surface area contributed by atoms with Gasteiger partial charge in [0.1, 0.15) is 0 Å². The first kappa shape index (κ1) is 15.7. The Bertz CT molecular complexity index is 250. The molecule has 0 aromatic carbocycles. The molecule has 0 spiro atoms. The van der Waals surface area contributed by atoms with Gasteiger partial charge in [0.25, 0.3) is 0 Å². The minimum absolute atomic E-state index is 0.102. The number of ether oxygens (including phenoxy) is 1. The van der Waals surface area contributed by atoms with Crippen LogP contribution in [0.2, 0.25) is 0 Å². The molecule has 1 heterocycles. The molecule has 0 amide bonds. The molecule has 0 bridgehead atoms. The van der Waals surface area contributed by atoms with Crippen LogP contribution in [0.4, 0.5) is 13.2 Å². The monoisotopic (exact) mass is 268 g/mol. The van der Waals surface area contributed by atoms with Crippen LogP contribution in [-0.4, -0.2) is 56.0 Å². The van der Waals surface area contributed by atoms with E-state index >= 15 is 0 Å². The van der Waals surface area contributed by atoms with Crippen molar-refractivity contribution in [3.8, 4) is 0 Å². The first-order valence-corrected chi connectivity index (χ1v) is 6.34. The van der Waals surface area contributed by atoms with Crippen LogP contribution in [0.5, 0.6) is 0 Å². The summed E-state index contributed by atoms with van der Waals surface area (Å²) in [7, 11) is 1.73. The van der Waals surface area contributed by atoms with Crippen LogP contribution < -0.4 is 5.32 Å². The maximum atomic E-state index is 12.3. The summed E-state index contributed by atoms with van der Waals surface area (Å²) in [5, 5.41) is 3.03. The third-order valence-electron chi connectivity index (χ3n) is 3.74. The Morgan fingerprint density at radius 1 is 1.22 bits per heavy atom. The zero-order chi connectivity index (χ0) is 13.8. The molecule has 0 aromatic heterocycles. The summed E-state index contributed by atoms with van der Waals surface area (Å²) < 4.78 is 42.2. The third kappa shape index (κ3) is 4.40. The van der Waals surface area contributed by atoms with Crippen LogP contribution in [-0.2, 0) is 4.74 Å². The van der Waals surface area contributed by atoms with E-state index in [-0.39, 0.29) is 18.0 Å². The van der Waals surface area contributed by atoms with Gasteiger partial charge in [-0.1, -0.05) is 0 Å². The minimum Gasteiger partial charge on any atom is -0.379 e. The minimum atomic E-state index is -4.09. The van der Waals surface area contributed by atoms with Crippen molar-refractivity contribution >= 4 is 0 Å². The van der Waals surface area contributed by atoms with E-state index in [4.69, 9.17) is 4.74 Å².